The van der Waals surface area contributed by atoms with E-state index < -0.39 is 0 Å². The number of amides is 2. The molecule has 0 bridgehead atoms. The van der Waals surface area contributed by atoms with E-state index in [1.54, 1.807) is 0 Å². The number of anilines is 1. The number of benzene rings is 1. The lowest BCUT2D eigenvalue weighted by Crippen LogP contribution is -2.47. The zero-order valence-corrected chi connectivity index (χ0v) is 20.9. The predicted molar refractivity (Wildman–Crippen MR) is 131 cm³/mol. The van der Waals surface area contributed by atoms with Gasteiger partial charge in [0.05, 0.1) is 23.8 Å². The molecule has 2 aliphatic rings. The molecule has 2 aliphatic heterocycles. The number of para-hydroxylation sites is 2. The van der Waals surface area contributed by atoms with E-state index in [1.807, 2.05) is 46.8 Å². The minimum absolute atomic E-state index is 0. The van der Waals surface area contributed by atoms with E-state index in [0.717, 1.165) is 50.6 Å². The van der Waals surface area contributed by atoms with Gasteiger partial charge in [0.1, 0.15) is 5.75 Å². The molecule has 2 fully saturated rings. The van der Waals surface area contributed by atoms with Crippen LogP contribution in [0.3, 0.4) is 0 Å². The molecule has 2 heterocycles. The summed E-state index contributed by atoms with van der Waals surface area (Å²) in [4.78, 5) is 31.5. The highest BCUT2D eigenvalue weighted by Crippen LogP contribution is 2.29. The van der Waals surface area contributed by atoms with Gasteiger partial charge in [-0.05, 0) is 38.9 Å². The number of rotatable bonds is 9. The number of ether oxygens (including phenoxy) is 1. The highest BCUT2D eigenvalue weighted by Gasteiger charge is 2.44. The van der Waals surface area contributed by atoms with Crippen molar-refractivity contribution in [1.29, 1.82) is 0 Å². The second-order valence-corrected chi connectivity index (χ2v) is 9.23. The molecule has 1 aromatic rings. The van der Waals surface area contributed by atoms with E-state index in [-0.39, 0.29) is 48.3 Å². The molecule has 1 aromatic carbocycles. The fourth-order valence-corrected chi connectivity index (χ4v) is 4.41. The molecule has 32 heavy (non-hydrogen) atoms. The third-order valence-electron chi connectivity index (χ3n) is 6.00. The van der Waals surface area contributed by atoms with Crippen LogP contribution in [-0.4, -0.2) is 79.1 Å². The third-order valence-corrected chi connectivity index (χ3v) is 6.00. The van der Waals surface area contributed by atoms with Gasteiger partial charge in [0, 0.05) is 38.8 Å². The maximum atomic E-state index is 12.7. The van der Waals surface area contributed by atoms with Gasteiger partial charge in [-0.15, -0.1) is 12.4 Å². The molecule has 0 radical (unpaired) electrons. The SMILES string of the molecule is CC(C)NC1C(=O)N(CCCN2CCN(c3ccccc3OC(C)C)CC2)C(=O)C1C.Cl. The molecule has 2 atom stereocenters. The van der Waals surface area contributed by atoms with Gasteiger partial charge in [0.15, 0.2) is 0 Å². The van der Waals surface area contributed by atoms with Crippen molar-refractivity contribution in [2.45, 2.75) is 59.2 Å². The molecule has 0 aromatic heterocycles. The van der Waals surface area contributed by atoms with Gasteiger partial charge in [-0.3, -0.25) is 19.4 Å². The highest BCUT2D eigenvalue weighted by atomic mass is 35.5. The molecule has 0 saturated carbocycles. The standard InChI is InChI=1S/C24H38N4O3.ClH/c1-17(2)25-22-19(5)23(29)28(24(22)30)12-8-11-26-13-15-27(16-14-26)20-9-6-7-10-21(20)31-18(3)4;/h6-7,9-10,17-19,22,25H,8,11-16H2,1-5H3;1H. The fraction of sp³-hybridized carbons (Fsp3) is 0.667. The average molecular weight is 467 g/mol. The number of likely N-dealkylation sites (tertiary alicyclic amines) is 1. The van der Waals surface area contributed by atoms with Gasteiger partial charge >= 0.3 is 0 Å². The number of imide groups is 1. The van der Waals surface area contributed by atoms with E-state index >= 15 is 0 Å². The number of hydrogen-bond donors (Lipinski definition) is 1. The summed E-state index contributed by atoms with van der Waals surface area (Å²) in [6, 6.07) is 8.03. The summed E-state index contributed by atoms with van der Waals surface area (Å²) in [5, 5.41) is 3.24. The summed E-state index contributed by atoms with van der Waals surface area (Å²) in [5.41, 5.74) is 1.15. The summed E-state index contributed by atoms with van der Waals surface area (Å²) >= 11 is 0. The average Bonchev–Trinajstić information content (AvgIpc) is 2.92. The Balaban J connectivity index is 0.00000363. The Kier molecular flexibility index (Phi) is 9.80. The quantitative estimate of drug-likeness (QED) is 0.564. The molecule has 8 heteroatoms. The number of halogens is 1. The van der Waals surface area contributed by atoms with Crippen LogP contribution in [0.2, 0.25) is 0 Å². The van der Waals surface area contributed by atoms with Crippen LogP contribution in [0.1, 0.15) is 41.0 Å². The molecule has 3 rings (SSSR count). The van der Waals surface area contributed by atoms with Crippen LogP contribution in [0, 0.1) is 5.92 Å². The van der Waals surface area contributed by atoms with Crippen LogP contribution in [-0.2, 0) is 9.59 Å². The first kappa shape index (κ1) is 26.4. The zero-order chi connectivity index (χ0) is 22.5. The minimum Gasteiger partial charge on any atom is -0.489 e. The Morgan fingerprint density at radius 2 is 1.66 bits per heavy atom. The summed E-state index contributed by atoms with van der Waals surface area (Å²) < 4.78 is 5.98. The molecule has 7 nitrogen and oxygen atoms in total. The lowest BCUT2D eigenvalue weighted by molar-refractivity contribution is -0.139. The summed E-state index contributed by atoms with van der Waals surface area (Å²) in [7, 11) is 0. The first-order valence-corrected chi connectivity index (χ1v) is 11.6. The fourth-order valence-electron chi connectivity index (χ4n) is 4.41. The van der Waals surface area contributed by atoms with Crippen LogP contribution >= 0.6 is 12.4 Å². The van der Waals surface area contributed by atoms with Crippen molar-refractivity contribution in [1.82, 2.24) is 15.1 Å². The Labute approximate surface area is 198 Å². The smallest absolute Gasteiger partial charge is 0.247 e. The van der Waals surface area contributed by atoms with E-state index in [0.29, 0.717) is 6.54 Å². The van der Waals surface area contributed by atoms with Gasteiger partial charge in [0.2, 0.25) is 11.8 Å². The van der Waals surface area contributed by atoms with Crippen LogP contribution in [0.25, 0.3) is 0 Å². The largest absolute Gasteiger partial charge is 0.489 e. The van der Waals surface area contributed by atoms with Crippen molar-refractivity contribution >= 4 is 29.9 Å². The zero-order valence-electron chi connectivity index (χ0n) is 20.0. The maximum absolute atomic E-state index is 12.7. The van der Waals surface area contributed by atoms with Crippen molar-refractivity contribution in [2.75, 3.05) is 44.2 Å². The number of carbonyl (C=O) groups excluding carboxylic acids is 2. The summed E-state index contributed by atoms with van der Waals surface area (Å²) in [5.74, 6) is 0.537. The van der Waals surface area contributed by atoms with E-state index in [9.17, 15) is 9.59 Å². The van der Waals surface area contributed by atoms with Crippen LogP contribution in [0.4, 0.5) is 5.69 Å². The lowest BCUT2D eigenvalue weighted by atomic mass is 10.0. The molecular formula is C24H39ClN4O3. The van der Waals surface area contributed by atoms with Gasteiger partial charge < -0.3 is 15.0 Å². The lowest BCUT2D eigenvalue weighted by Gasteiger charge is -2.37. The van der Waals surface area contributed by atoms with Crippen molar-refractivity contribution in [3.8, 4) is 5.75 Å². The number of piperazine rings is 1. The molecular weight excluding hydrogens is 428 g/mol. The molecule has 2 saturated heterocycles. The first-order chi connectivity index (χ1) is 14.8. The normalized spacial score (nSPS) is 22.1. The third kappa shape index (κ3) is 6.36. The Morgan fingerprint density at radius 1 is 1.00 bits per heavy atom. The van der Waals surface area contributed by atoms with Crippen molar-refractivity contribution in [2.24, 2.45) is 5.92 Å². The topological polar surface area (TPSA) is 65.1 Å². The van der Waals surface area contributed by atoms with Crippen molar-refractivity contribution < 1.29 is 14.3 Å². The minimum atomic E-state index is -0.385. The molecule has 180 valence electrons. The number of nitrogens with one attached hydrogen (secondary N) is 1. The highest BCUT2D eigenvalue weighted by molar-refractivity contribution is 6.06. The Morgan fingerprint density at radius 3 is 2.28 bits per heavy atom. The predicted octanol–water partition coefficient (Wildman–Crippen LogP) is 2.78. The molecule has 0 spiro atoms. The number of hydrogen-bond acceptors (Lipinski definition) is 6. The summed E-state index contributed by atoms with van der Waals surface area (Å²) in [6.45, 7) is 15.2. The molecule has 1 N–H and O–H groups in total. The first-order valence-electron chi connectivity index (χ1n) is 11.6. The summed E-state index contributed by atoms with van der Waals surface area (Å²) in [6.07, 6.45) is 0.961. The van der Waals surface area contributed by atoms with Crippen LogP contribution in [0.15, 0.2) is 24.3 Å². The Hall–Kier alpha value is -1.83. The van der Waals surface area contributed by atoms with E-state index in [4.69, 9.17) is 4.74 Å². The van der Waals surface area contributed by atoms with Crippen LogP contribution < -0.4 is 15.0 Å². The Bertz CT molecular complexity index is 765. The van der Waals surface area contributed by atoms with Gasteiger partial charge in [-0.25, -0.2) is 0 Å². The van der Waals surface area contributed by atoms with Gasteiger partial charge in [0.25, 0.3) is 0 Å². The second-order valence-electron chi connectivity index (χ2n) is 9.23. The van der Waals surface area contributed by atoms with E-state index in [1.165, 1.54) is 4.90 Å². The maximum Gasteiger partial charge on any atom is 0.247 e. The van der Waals surface area contributed by atoms with Crippen molar-refractivity contribution in [3.05, 3.63) is 24.3 Å². The number of nitrogens with zero attached hydrogens (tertiary/aromatic N) is 3. The monoisotopic (exact) mass is 466 g/mol. The van der Waals surface area contributed by atoms with Gasteiger partial charge in [-0.2, -0.15) is 0 Å². The van der Waals surface area contributed by atoms with Crippen LogP contribution in [0.5, 0.6) is 5.75 Å². The second kappa shape index (κ2) is 11.9. The van der Waals surface area contributed by atoms with Crippen molar-refractivity contribution in [3.63, 3.8) is 0 Å². The van der Waals surface area contributed by atoms with E-state index in [2.05, 4.69) is 27.2 Å². The molecule has 2 amide bonds. The molecule has 2 unspecified atom stereocenters. The number of carbonyl (C=O) groups is 2. The molecule has 0 aliphatic carbocycles. The van der Waals surface area contributed by atoms with Gasteiger partial charge in [-0.1, -0.05) is 32.9 Å².